The minimum Gasteiger partial charge on any atom is -0.490 e. The summed E-state index contributed by atoms with van der Waals surface area (Å²) in [6.07, 6.45) is 3.90. The lowest BCUT2D eigenvalue weighted by molar-refractivity contribution is 0.101. The third-order valence-corrected chi connectivity index (χ3v) is 4.23. The summed E-state index contributed by atoms with van der Waals surface area (Å²) in [5.74, 6) is 2.35. The van der Waals surface area contributed by atoms with Gasteiger partial charge in [-0.15, -0.1) is 0 Å². The summed E-state index contributed by atoms with van der Waals surface area (Å²) in [6, 6.07) is 5.80. The average Bonchev–Trinajstić information content (AvgIpc) is 2.26. The average molecular weight is 282 g/mol. The van der Waals surface area contributed by atoms with Crippen molar-refractivity contribution in [3.05, 3.63) is 28.8 Å². The molecule has 0 bridgehead atoms. The van der Waals surface area contributed by atoms with Crippen LogP contribution in [0.25, 0.3) is 0 Å². The van der Waals surface area contributed by atoms with Gasteiger partial charge in [0.2, 0.25) is 0 Å². The van der Waals surface area contributed by atoms with Gasteiger partial charge in [0.1, 0.15) is 5.75 Å². The Kier molecular flexibility index (Phi) is 4.75. The maximum absolute atomic E-state index is 6.24. The van der Waals surface area contributed by atoms with Crippen molar-refractivity contribution < 1.29 is 4.74 Å². The number of nitrogens with two attached hydrogens (primary N) is 1. The second-order valence-electron chi connectivity index (χ2n) is 6.13. The Balaban J connectivity index is 2.05. The molecule has 3 heteroatoms. The fraction of sp³-hybridized carbons (Fsp3) is 0.625. The highest BCUT2D eigenvalue weighted by atomic mass is 35.5. The van der Waals surface area contributed by atoms with Crippen molar-refractivity contribution in [1.82, 2.24) is 0 Å². The van der Waals surface area contributed by atoms with E-state index in [2.05, 4.69) is 13.8 Å². The molecule has 3 unspecified atom stereocenters. The predicted molar refractivity (Wildman–Crippen MR) is 80.6 cm³/mol. The first-order valence-corrected chi connectivity index (χ1v) is 7.55. The molecule has 0 spiro atoms. The van der Waals surface area contributed by atoms with Gasteiger partial charge < -0.3 is 10.5 Å². The monoisotopic (exact) mass is 281 g/mol. The van der Waals surface area contributed by atoms with Crippen molar-refractivity contribution in [1.29, 1.82) is 0 Å². The smallest absolute Gasteiger partial charge is 0.121 e. The van der Waals surface area contributed by atoms with Crippen LogP contribution in [-0.4, -0.2) is 6.10 Å². The minimum absolute atomic E-state index is 0.0451. The highest BCUT2D eigenvalue weighted by Gasteiger charge is 2.25. The van der Waals surface area contributed by atoms with Gasteiger partial charge in [-0.25, -0.2) is 0 Å². The first-order chi connectivity index (χ1) is 8.95. The van der Waals surface area contributed by atoms with Crippen LogP contribution in [0.2, 0.25) is 5.02 Å². The first kappa shape index (κ1) is 14.7. The lowest BCUT2D eigenvalue weighted by Crippen LogP contribution is -2.28. The van der Waals surface area contributed by atoms with Crippen molar-refractivity contribution in [2.75, 3.05) is 0 Å². The van der Waals surface area contributed by atoms with Crippen LogP contribution in [-0.2, 0) is 0 Å². The SMILES string of the molecule is CC1CC(C)CC(Oc2ccc(C(C)N)c(Cl)c2)C1. The Labute approximate surface area is 121 Å². The lowest BCUT2D eigenvalue weighted by atomic mass is 9.82. The van der Waals surface area contributed by atoms with Crippen LogP contribution in [0.1, 0.15) is 51.6 Å². The van der Waals surface area contributed by atoms with E-state index in [1.165, 1.54) is 6.42 Å². The molecule has 1 aromatic rings. The molecule has 19 heavy (non-hydrogen) atoms. The lowest BCUT2D eigenvalue weighted by Gasteiger charge is -2.31. The zero-order chi connectivity index (χ0) is 14.0. The van der Waals surface area contributed by atoms with Gasteiger partial charge >= 0.3 is 0 Å². The number of benzene rings is 1. The van der Waals surface area contributed by atoms with Crippen LogP contribution < -0.4 is 10.5 Å². The van der Waals surface area contributed by atoms with E-state index >= 15 is 0 Å². The quantitative estimate of drug-likeness (QED) is 0.881. The molecule has 0 heterocycles. The molecule has 1 aliphatic carbocycles. The Morgan fingerprint density at radius 2 is 1.84 bits per heavy atom. The Morgan fingerprint density at radius 3 is 2.37 bits per heavy atom. The van der Waals surface area contributed by atoms with Crippen LogP contribution in [0.3, 0.4) is 0 Å². The fourth-order valence-corrected chi connectivity index (χ4v) is 3.45. The number of rotatable bonds is 3. The van der Waals surface area contributed by atoms with Gasteiger partial charge in [0.05, 0.1) is 6.10 Å². The van der Waals surface area contributed by atoms with E-state index in [0.717, 1.165) is 36.0 Å². The van der Waals surface area contributed by atoms with Gasteiger partial charge in [0.15, 0.2) is 0 Å². The molecule has 0 saturated heterocycles. The van der Waals surface area contributed by atoms with Crippen molar-refractivity contribution in [3.8, 4) is 5.75 Å². The fourth-order valence-electron chi connectivity index (χ4n) is 3.11. The van der Waals surface area contributed by atoms with Crippen molar-refractivity contribution >= 4 is 11.6 Å². The summed E-state index contributed by atoms with van der Waals surface area (Å²) in [4.78, 5) is 0. The number of hydrogen-bond donors (Lipinski definition) is 1. The Morgan fingerprint density at radius 1 is 1.21 bits per heavy atom. The summed E-state index contributed by atoms with van der Waals surface area (Å²) in [5.41, 5.74) is 6.83. The van der Waals surface area contributed by atoms with E-state index in [9.17, 15) is 0 Å². The zero-order valence-corrected chi connectivity index (χ0v) is 12.8. The highest BCUT2D eigenvalue weighted by Crippen LogP contribution is 2.33. The first-order valence-electron chi connectivity index (χ1n) is 7.17. The van der Waals surface area contributed by atoms with Crippen LogP contribution in [0, 0.1) is 11.8 Å². The van der Waals surface area contributed by atoms with Gasteiger partial charge in [-0.1, -0.05) is 31.5 Å². The molecule has 2 nitrogen and oxygen atoms in total. The summed E-state index contributed by atoms with van der Waals surface area (Å²) in [5, 5.41) is 0.699. The Hall–Kier alpha value is -0.730. The van der Waals surface area contributed by atoms with Gasteiger partial charge in [-0.2, -0.15) is 0 Å². The third kappa shape index (κ3) is 3.87. The molecule has 2 N–H and O–H groups in total. The third-order valence-electron chi connectivity index (χ3n) is 3.90. The molecule has 0 aliphatic heterocycles. The van der Waals surface area contributed by atoms with Gasteiger partial charge in [0, 0.05) is 11.1 Å². The molecule has 1 aromatic carbocycles. The molecule has 3 atom stereocenters. The van der Waals surface area contributed by atoms with E-state index in [0.29, 0.717) is 11.1 Å². The molecule has 1 fully saturated rings. The van der Waals surface area contributed by atoms with Crippen LogP contribution in [0.5, 0.6) is 5.75 Å². The topological polar surface area (TPSA) is 35.2 Å². The van der Waals surface area contributed by atoms with Crippen molar-refractivity contribution in [3.63, 3.8) is 0 Å². The summed E-state index contributed by atoms with van der Waals surface area (Å²) in [6.45, 7) is 6.54. The van der Waals surface area contributed by atoms with E-state index in [-0.39, 0.29) is 6.04 Å². The molecule has 0 radical (unpaired) electrons. The normalized spacial score (nSPS) is 29.0. The molecular weight excluding hydrogens is 258 g/mol. The largest absolute Gasteiger partial charge is 0.490 e. The number of halogens is 1. The Bertz CT molecular complexity index is 423. The molecular formula is C16H24ClNO. The summed E-state index contributed by atoms with van der Waals surface area (Å²) >= 11 is 6.24. The minimum atomic E-state index is -0.0451. The summed E-state index contributed by atoms with van der Waals surface area (Å²) < 4.78 is 6.09. The van der Waals surface area contributed by atoms with Gasteiger partial charge in [-0.3, -0.25) is 0 Å². The second-order valence-corrected chi connectivity index (χ2v) is 6.54. The van der Waals surface area contributed by atoms with Crippen LogP contribution in [0.15, 0.2) is 18.2 Å². The van der Waals surface area contributed by atoms with E-state index in [1.807, 2.05) is 25.1 Å². The van der Waals surface area contributed by atoms with E-state index in [1.54, 1.807) is 0 Å². The second kappa shape index (κ2) is 6.15. The predicted octanol–water partition coefficient (Wildman–Crippen LogP) is 4.56. The maximum Gasteiger partial charge on any atom is 0.121 e. The van der Waals surface area contributed by atoms with Gasteiger partial charge in [-0.05, 0) is 55.7 Å². The maximum atomic E-state index is 6.24. The molecule has 0 aromatic heterocycles. The zero-order valence-electron chi connectivity index (χ0n) is 12.0. The van der Waals surface area contributed by atoms with Crippen molar-refractivity contribution in [2.45, 2.75) is 52.2 Å². The van der Waals surface area contributed by atoms with Crippen molar-refractivity contribution in [2.24, 2.45) is 17.6 Å². The summed E-state index contributed by atoms with van der Waals surface area (Å²) in [7, 11) is 0. The van der Waals surface area contributed by atoms with Gasteiger partial charge in [0.25, 0.3) is 0 Å². The molecule has 106 valence electrons. The van der Waals surface area contributed by atoms with Crippen LogP contribution >= 0.6 is 11.6 Å². The molecule has 2 rings (SSSR count). The van der Waals surface area contributed by atoms with Crippen LogP contribution in [0.4, 0.5) is 0 Å². The molecule has 1 saturated carbocycles. The molecule has 0 amide bonds. The number of hydrogen-bond acceptors (Lipinski definition) is 2. The molecule has 1 aliphatic rings. The van der Waals surface area contributed by atoms with E-state index < -0.39 is 0 Å². The highest BCUT2D eigenvalue weighted by molar-refractivity contribution is 6.31. The standard InChI is InChI=1S/C16H24ClNO/c1-10-6-11(2)8-14(7-10)19-13-4-5-15(12(3)18)16(17)9-13/h4-5,9-12,14H,6-8,18H2,1-3H3. The number of ether oxygens (including phenoxy) is 1. The van der Waals surface area contributed by atoms with E-state index in [4.69, 9.17) is 22.1 Å².